The van der Waals surface area contributed by atoms with Crippen molar-refractivity contribution in [1.29, 1.82) is 0 Å². The molecular formula is C16H21ClN2OS. The second-order valence-corrected chi connectivity index (χ2v) is 7.95. The number of nitrogens with one attached hydrogen (secondary N) is 1. The molecule has 0 bridgehead atoms. The number of aromatic nitrogens is 1. The molecule has 0 aliphatic heterocycles. The van der Waals surface area contributed by atoms with Gasteiger partial charge in [0.1, 0.15) is 5.69 Å². The van der Waals surface area contributed by atoms with Gasteiger partial charge >= 0.3 is 0 Å². The summed E-state index contributed by atoms with van der Waals surface area (Å²) in [5.41, 5.74) is 1.75. The molecule has 0 saturated heterocycles. The Bertz CT molecular complexity index is 675. The molecule has 114 valence electrons. The number of fused-ring (bicyclic) bond motifs is 1. The highest BCUT2D eigenvalue weighted by molar-refractivity contribution is 7.22. The Morgan fingerprint density at radius 1 is 1.38 bits per heavy atom. The first kappa shape index (κ1) is 14.9. The van der Waals surface area contributed by atoms with Gasteiger partial charge in [0.2, 0.25) is 0 Å². The quantitative estimate of drug-likeness (QED) is 0.870. The van der Waals surface area contributed by atoms with E-state index in [9.17, 15) is 4.79 Å². The zero-order valence-electron chi connectivity index (χ0n) is 12.6. The van der Waals surface area contributed by atoms with Crippen LogP contribution in [-0.4, -0.2) is 16.5 Å². The van der Waals surface area contributed by atoms with Gasteiger partial charge in [0, 0.05) is 13.1 Å². The van der Waals surface area contributed by atoms with Crippen molar-refractivity contribution in [1.82, 2.24) is 9.88 Å². The Morgan fingerprint density at radius 2 is 2.14 bits per heavy atom. The number of thiophene rings is 1. The topological polar surface area (TPSA) is 34.0 Å². The number of hydrogen-bond donors (Lipinski definition) is 1. The van der Waals surface area contributed by atoms with E-state index in [1.54, 1.807) is 0 Å². The molecule has 2 heterocycles. The number of amides is 1. The van der Waals surface area contributed by atoms with Crippen LogP contribution in [0.2, 0.25) is 4.34 Å². The Morgan fingerprint density at radius 3 is 2.86 bits per heavy atom. The van der Waals surface area contributed by atoms with Crippen molar-refractivity contribution < 1.29 is 4.79 Å². The Hall–Kier alpha value is -1.00. The van der Waals surface area contributed by atoms with E-state index in [0.29, 0.717) is 11.8 Å². The lowest BCUT2D eigenvalue weighted by atomic mass is 9.78. The molecule has 0 radical (unpaired) electrons. The van der Waals surface area contributed by atoms with Crippen molar-refractivity contribution in [2.45, 2.75) is 39.2 Å². The lowest BCUT2D eigenvalue weighted by Crippen LogP contribution is -2.44. The number of aryl methyl sites for hydroxylation is 1. The molecule has 3 atom stereocenters. The second kappa shape index (κ2) is 5.65. The molecule has 21 heavy (non-hydrogen) atoms. The van der Waals surface area contributed by atoms with Crippen LogP contribution in [0.25, 0.3) is 10.2 Å². The van der Waals surface area contributed by atoms with Crippen molar-refractivity contribution in [2.24, 2.45) is 18.9 Å². The number of halogens is 1. The summed E-state index contributed by atoms with van der Waals surface area (Å²) in [6.45, 7) is 4.53. The predicted octanol–water partition coefficient (Wildman–Crippen LogP) is 4.45. The molecule has 3 rings (SSSR count). The van der Waals surface area contributed by atoms with Crippen LogP contribution in [0.3, 0.4) is 0 Å². The molecule has 1 saturated carbocycles. The number of hydrogen-bond acceptors (Lipinski definition) is 2. The highest BCUT2D eigenvalue weighted by atomic mass is 35.5. The van der Waals surface area contributed by atoms with Gasteiger partial charge in [0.15, 0.2) is 0 Å². The maximum Gasteiger partial charge on any atom is 0.268 e. The third-order valence-electron chi connectivity index (χ3n) is 4.96. The first-order valence-electron chi connectivity index (χ1n) is 7.53. The Balaban J connectivity index is 1.80. The lowest BCUT2D eigenvalue weighted by molar-refractivity contribution is 0.0883. The molecule has 0 unspecified atom stereocenters. The van der Waals surface area contributed by atoms with Crippen LogP contribution in [0.5, 0.6) is 0 Å². The number of carbonyl (C=O) groups excluding carboxylic acids is 1. The van der Waals surface area contributed by atoms with Crippen molar-refractivity contribution >= 4 is 39.1 Å². The fraction of sp³-hybridized carbons (Fsp3) is 0.562. The van der Waals surface area contributed by atoms with Gasteiger partial charge in [-0.3, -0.25) is 4.79 Å². The SMILES string of the molecule is C[C@@H]1[C@H](C)CCC[C@@H]1NC(=O)c1cc2sc(Cl)cc2n1C. The molecule has 2 aromatic rings. The van der Waals surface area contributed by atoms with Crippen molar-refractivity contribution in [3.05, 3.63) is 22.2 Å². The minimum Gasteiger partial charge on any atom is -0.348 e. The van der Waals surface area contributed by atoms with E-state index in [0.717, 1.165) is 26.7 Å². The van der Waals surface area contributed by atoms with Gasteiger partial charge in [-0.15, -0.1) is 11.3 Å². The molecule has 0 aromatic carbocycles. The zero-order chi connectivity index (χ0) is 15.1. The molecule has 3 nitrogen and oxygen atoms in total. The largest absolute Gasteiger partial charge is 0.348 e. The summed E-state index contributed by atoms with van der Waals surface area (Å²) in [6.07, 6.45) is 3.56. The fourth-order valence-corrected chi connectivity index (χ4v) is 4.53. The first-order valence-corrected chi connectivity index (χ1v) is 8.72. The first-order chi connectivity index (χ1) is 9.97. The summed E-state index contributed by atoms with van der Waals surface area (Å²) >= 11 is 7.54. The van der Waals surface area contributed by atoms with Crippen LogP contribution in [0.1, 0.15) is 43.6 Å². The van der Waals surface area contributed by atoms with Gasteiger partial charge in [-0.25, -0.2) is 0 Å². The summed E-state index contributed by atoms with van der Waals surface area (Å²) < 4.78 is 3.76. The van der Waals surface area contributed by atoms with Crippen molar-refractivity contribution in [3.8, 4) is 0 Å². The van der Waals surface area contributed by atoms with E-state index in [4.69, 9.17) is 11.6 Å². The van der Waals surface area contributed by atoms with Crippen LogP contribution < -0.4 is 5.32 Å². The molecule has 2 aromatic heterocycles. The monoisotopic (exact) mass is 324 g/mol. The smallest absolute Gasteiger partial charge is 0.268 e. The molecular weight excluding hydrogens is 304 g/mol. The van der Waals surface area contributed by atoms with Gasteiger partial charge in [-0.1, -0.05) is 38.3 Å². The van der Waals surface area contributed by atoms with E-state index in [1.807, 2.05) is 23.7 Å². The van der Waals surface area contributed by atoms with E-state index in [1.165, 1.54) is 24.2 Å². The average molecular weight is 325 g/mol. The molecule has 1 aliphatic carbocycles. The van der Waals surface area contributed by atoms with Crippen molar-refractivity contribution in [2.75, 3.05) is 0 Å². The maximum atomic E-state index is 12.6. The van der Waals surface area contributed by atoms with E-state index in [2.05, 4.69) is 19.2 Å². The van der Waals surface area contributed by atoms with Crippen LogP contribution in [0, 0.1) is 11.8 Å². The lowest BCUT2D eigenvalue weighted by Gasteiger charge is -2.34. The average Bonchev–Trinajstić information content (AvgIpc) is 2.93. The summed E-state index contributed by atoms with van der Waals surface area (Å²) in [5.74, 6) is 1.25. The Labute approximate surface area is 134 Å². The molecule has 1 aliphatic rings. The highest BCUT2D eigenvalue weighted by Crippen LogP contribution is 2.32. The van der Waals surface area contributed by atoms with Crippen LogP contribution in [-0.2, 0) is 7.05 Å². The molecule has 1 N–H and O–H groups in total. The van der Waals surface area contributed by atoms with Crippen molar-refractivity contribution in [3.63, 3.8) is 0 Å². The van der Waals surface area contributed by atoms with E-state index >= 15 is 0 Å². The second-order valence-electron chi connectivity index (χ2n) is 6.24. The molecule has 0 spiro atoms. The van der Waals surface area contributed by atoms with Gasteiger partial charge in [-0.2, -0.15) is 0 Å². The summed E-state index contributed by atoms with van der Waals surface area (Å²) in [7, 11) is 1.92. The van der Waals surface area contributed by atoms with Crippen LogP contribution in [0.15, 0.2) is 12.1 Å². The van der Waals surface area contributed by atoms with Gasteiger partial charge in [-0.05, 0) is 30.4 Å². The molecule has 1 fully saturated rings. The van der Waals surface area contributed by atoms with Crippen LogP contribution in [0.4, 0.5) is 0 Å². The zero-order valence-corrected chi connectivity index (χ0v) is 14.2. The third kappa shape index (κ3) is 2.71. The fourth-order valence-electron chi connectivity index (χ4n) is 3.33. The standard InChI is InChI=1S/C16H21ClN2OS/c1-9-5-4-6-11(10(9)2)18-16(20)13-7-14-12(19(13)3)8-15(17)21-14/h7-11H,4-6H2,1-3H3,(H,18,20)/t9-,10-,11+/m1/s1. The summed E-state index contributed by atoms with van der Waals surface area (Å²) in [4.78, 5) is 12.6. The van der Waals surface area contributed by atoms with Crippen LogP contribution >= 0.6 is 22.9 Å². The third-order valence-corrected chi connectivity index (χ3v) is 6.16. The summed E-state index contributed by atoms with van der Waals surface area (Å²) in [6, 6.07) is 4.15. The van der Waals surface area contributed by atoms with Gasteiger partial charge in [0.25, 0.3) is 5.91 Å². The maximum absolute atomic E-state index is 12.6. The van der Waals surface area contributed by atoms with E-state index < -0.39 is 0 Å². The minimum atomic E-state index is 0.0305. The summed E-state index contributed by atoms with van der Waals surface area (Å²) in [5, 5.41) is 3.23. The normalized spacial score (nSPS) is 26.2. The minimum absolute atomic E-state index is 0.0305. The highest BCUT2D eigenvalue weighted by Gasteiger charge is 2.29. The molecule has 5 heteroatoms. The number of nitrogens with zero attached hydrogens (tertiary/aromatic N) is 1. The molecule has 1 amide bonds. The Kier molecular flexibility index (Phi) is 4.02. The van der Waals surface area contributed by atoms with E-state index in [-0.39, 0.29) is 11.9 Å². The van der Waals surface area contributed by atoms with Gasteiger partial charge < -0.3 is 9.88 Å². The number of carbonyl (C=O) groups is 1. The number of rotatable bonds is 2. The van der Waals surface area contributed by atoms with Gasteiger partial charge in [0.05, 0.1) is 14.6 Å². The predicted molar refractivity (Wildman–Crippen MR) is 89.2 cm³/mol.